The standard InChI is InChI=1S/C42H56N6O8/c1-4-5-6-7-8-9-10-28-11-14-31(27(2)21-28)40(51)46-26-38(50)48(3)39-30-13-16-36(56-20-18-44)33(24-30)32-22-29(12-15-35(32)55-19-17-43)23-34(42(53)54)47-37(49)25-45-41(39)52/h11-16,21-22,24,34,39H,4-10,17-20,23,25-26,43-44H2,1-3H3,(H,45,52)(H,46,51)(H,47,49)(H,53,54). The maximum Gasteiger partial charge on any atom is 0.326 e. The minimum atomic E-state index is -1.31. The number of nitrogens with one attached hydrogen (secondary N) is 3. The fraction of sp³-hybridized carbons (Fsp3) is 0.452. The van der Waals surface area contributed by atoms with E-state index >= 15 is 0 Å². The number of carboxylic acids is 1. The van der Waals surface area contributed by atoms with Gasteiger partial charge in [-0.25, -0.2) is 4.79 Å². The molecule has 4 amide bonds. The summed E-state index contributed by atoms with van der Waals surface area (Å²) in [6, 6.07) is 13.2. The van der Waals surface area contributed by atoms with Crippen molar-refractivity contribution in [2.45, 2.75) is 77.3 Å². The van der Waals surface area contributed by atoms with E-state index < -0.39 is 54.8 Å². The van der Waals surface area contributed by atoms with Crippen LogP contribution in [0.3, 0.4) is 0 Å². The summed E-state index contributed by atoms with van der Waals surface area (Å²) in [5.41, 5.74) is 15.8. The van der Waals surface area contributed by atoms with Gasteiger partial charge >= 0.3 is 5.97 Å². The average Bonchev–Trinajstić information content (AvgIpc) is 3.18. The van der Waals surface area contributed by atoms with Crippen molar-refractivity contribution in [2.24, 2.45) is 11.5 Å². The third-order valence-electron chi connectivity index (χ3n) is 9.68. The zero-order valence-electron chi connectivity index (χ0n) is 32.7. The second-order valence-electron chi connectivity index (χ2n) is 14.0. The Morgan fingerprint density at radius 1 is 0.893 bits per heavy atom. The number of hydrogen-bond donors (Lipinski definition) is 6. The number of likely N-dealkylation sites (N-methyl/N-ethyl adjacent to an activating group) is 1. The number of fused-ring (bicyclic) bond motifs is 5. The molecule has 3 aromatic rings. The summed E-state index contributed by atoms with van der Waals surface area (Å²) in [5, 5.41) is 17.7. The molecule has 14 nitrogen and oxygen atoms in total. The zero-order chi connectivity index (χ0) is 40.6. The monoisotopic (exact) mass is 772 g/mol. The van der Waals surface area contributed by atoms with Gasteiger partial charge in [0.2, 0.25) is 17.7 Å². The molecule has 2 unspecified atom stereocenters. The van der Waals surface area contributed by atoms with Gasteiger partial charge in [-0.3, -0.25) is 19.2 Å². The maximum atomic E-state index is 13.9. The Balaban J connectivity index is 1.64. The van der Waals surface area contributed by atoms with Gasteiger partial charge in [0.15, 0.2) is 0 Å². The lowest BCUT2D eigenvalue weighted by atomic mass is 9.94. The number of aliphatic carboxylic acids is 1. The second-order valence-corrected chi connectivity index (χ2v) is 14.0. The summed E-state index contributed by atoms with van der Waals surface area (Å²) < 4.78 is 12.0. The van der Waals surface area contributed by atoms with Gasteiger partial charge in [-0.05, 0) is 72.4 Å². The van der Waals surface area contributed by atoms with Gasteiger partial charge in [0.1, 0.15) is 36.8 Å². The Kier molecular flexibility index (Phi) is 16.7. The number of amides is 4. The molecule has 1 heterocycles. The number of carbonyl (C=O) groups excluding carboxylic acids is 4. The first-order chi connectivity index (χ1) is 27.0. The number of aryl methyl sites for hydroxylation is 2. The van der Waals surface area contributed by atoms with E-state index in [0.717, 1.165) is 24.0 Å². The summed E-state index contributed by atoms with van der Waals surface area (Å²) in [4.78, 5) is 67.3. The Labute approximate surface area is 328 Å². The Morgan fingerprint density at radius 2 is 1.55 bits per heavy atom. The van der Waals surface area contributed by atoms with Gasteiger partial charge in [0.05, 0.1) is 13.1 Å². The summed E-state index contributed by atoms with van der Waals surface area (Å²) >= 11 is 0. The predicted molar refractivity (Wildman–Crippen MR) is 213 cm³/mol. The molecule has 3 aromatic carbocycles. The molecule has 0 aromatic heterocycles. The topological polar surface area (TPSA) is 215 Å². The molecule has 1 aliphatic heterocycles. The van der Waals surface area contributed by atoms with E-state index in [9.17, 15) is 29.1 Å². The minimum Gasteiger partial charge on any atom is -0.492 e. The minimum absolute atomic E-state index is 0.0632. The van der Waals surface area contributed by atoms with Crippen molar-refractivity contribution in [3.05, 3.63) is 82.4 Å². The number of carbonyl (C=O) groups is 5. The smallest absolute Gasteiger partial charge is 0.326 e. The maximum absolute atomic E-state index is 13.9. The van der Waals surface area contributed by atoms with Crippen LogP contribution in [0, 0.1) is 6.92 Å². The van der Waals surface area contributed by atoms with Gasteiger partial charge in [0, 0.05) is 43.2 Å². The first-order valence-electron chi connectivity index (χ1n) is 19.3. The lowest BCUT2D eigenvalue weighted by Crippen LogP contribution is -2.49. The highest BCUT2D eigenvalue weighted by molar-refractivity contribution is 5.98. The first-order valence-corrected chi connectivity index (χ1v) is 19.3. The fourth-order valence-corrected chi connectivity index (χ4v) is 6.69. The van der Waals surface area contributed by atoms with E-state index in [2.05, 4.69) is 22.9 Å². The van der Waals surface area contributed by atoms with Crippen LogP contribution in [0.5, 0.6) is 11.5 Å². The number of benzene rings is 3. The molecule has 14 heteroatoms. The highest BCUT2D eigenvalue weighted by atomic mass is 16.5. The lowest BCUT2D eigenvalue weighted by molar-refractivity contribution is -0.142. The van der Waals surface area contributed by atoms with Crippen LogP contribution in [0.4, 0.5) is 0 Å². The molecule has 4 bridgehead atoms. The Bertz CT molecular complexity index is 1850. The summed E-state index contributed by atoms with van der Waals surface area (Å²) in [7, 11) is 1.43. The summed E-state index contributed by atoms with van der Waals surface area (Å²) in [6.45, 7) is 3.88. The first kappa shape index (κ1) is 43.3. The normalized spacial score (nSPS) is 15.5. The van der Waals surface area contributed by atoms with Crippen molar-refractivity contribution in [1.29, 1.82) is 0 Å². The van der Waals surface area contributed by atoms with Crippen LogP contribution in [-0.2, 0) is 32.0 Å². The van der Waals surface area contributed by atoms with Crippen molar-refractivity contribution in [3.8, 4) is 22.6 Å². The van der Waals surface area contributed by atoms with E-state index in [4.69, 9.17) is 20.9 Å². The van der Waals surface area contributed by atoms with E-state index in [1.54, 1.807) is 42.5 Å². The zero-order valence-corrected chi connectivity index (χ0v) is 32.7. The van der Waals surface area contributed by atoms with Crippen LogP contribution in [0.2, 0.25) is 0 Å². The lowest BCUT2D eigenvalue weighted by Gasteiger charge is -2.29. The van der Waals surface area contributed by atoms with Crippen LogP contribution < -0.4 is 36.9 Å². The molecular formula is C42H56N6O8. The van der Waals surface area contributed by atoms with Crippen LogP contribution in [0.15, 0.2) is 54.6 Å². The number of nitrogens with two attached hydrogens (primary N) is 2. The van der Waals surface area contributed by atoms with Crippen molar-refractivity contribution < 1.29 is 38.6 Å². The van der Waals surface area contributed by atoms with E-state index in [-0.39, 0.29) is 32.7 Å². The van der Waals surface area contributed by atoms with E-state index in [0.29, 0.717) is 39.3 Å². The van der Waals surface area contributed by atoms with E-state index in [1.807, 2.05) is 19.1 Å². The van der Waals surface area contributed by atoms with Gasteiger partial charge < -0.3 is 46.9 Å². The van der Waals surface area contributed by atoms with Crippen molar-refractivity contribution in [3.63, 3.8) is 0 Å². The van der Waals surface area contributed by atoms with Crippen LogP contribution in [0.1, 0.15) is 84.1 Å². The SMILES string of the molecule is CCCCCCCCc1ccc(C(=O)NCC(=O)N(C)C2C(=O)NCC(=O)NC(C(=O)O)Cc3ccc(OCCN)c(c3)-c3cc2ccc3OCCN)c(C)c1. The predicted octanol–water partition coefficient (Wildman–Crippen LogP) is 3.41. The highest BCUT2D eigenvalue weighted by Gasteiger charge is 2.31. The molecule has 1 aliphatic rings. The average molecular weight is 773 g/mol. The summed E-state index contributed by atoms with van der Waals surface area (Å²) in [5.74, 6) is -2.90. The van der Waals surface area contributed by atoms with Gasteiger partial charge in [-0.15, -0.1) is 0 Å². The highest BCUT2D eigenvalue weighted by Crippen LogP contribution is 2.40. The molecule has 4 rings (SSSR count). The summed E-state index contributed by atoms with van der Waals surface area (Å²) in [6.07, 6.45) is 8.04. The molecule has 56 heavy (non-hydrogen) atoms. The number of rotatable bonds is 18. The fourth-order valence-electron chi connectivity index (χ4n) is 6.69. The molecule has 8 N–H and O–H groups in total. The van der Waals surface area contributed by atoms with Gasteiger partial charge in [0.25, 0.3) is 5.91 Å². The number of nitrogens with zero attached hydrogens (tertiary/aromatic N) is 1. The molecule has 0 spiro atoms. The second kappa shape index (κ2) is 21.6. The van der Waals surface area contributed by atoms with Crippen molar-refractivity contribution >= 4 is 29.6 Å². The number of hydrogen-bond acceptors (Lipinski definition) is 9. The molecule has 0 saturated carbocycles. The van der Waals surface area contributed by atoms with Crippen molar-refractivity contribution in [1.82, 2.24) is 20.9 Å². The number of unbranched alkanes of at least 4 members (excludes halogenated alkanes) is 5. The molecule has 0 radical (unpaired) electrons. The van der Waals surface area contributed by atoms with E-state index in [1.165, 1.54) is 44.1 Å². The Morgan fingerprint density at radius 3 is 2.21 bits per heavy atom. The third-order valence-corrected chi connectivity index (χ3v) is 9.68. The number of carboxylic acid groups (broad SMARTS) is 1. The van der Waals surface area contributed by atoms with Crippen LogP contribution in [0.25, 0.3) is 11.1 Å². The molecule has 0 saturated heterocycles. The molecule has 2 atom stereocenters. The molecule has 0 aliphatic carbocycles. The largest absolute Gasteiger partial charge is 0.492 e. The quantitative estimate of drug-likeness (QED) is 0.104. The van der Waals surface area contributed by atoms with Gasteiger partial charge in [-0.1, -0.05) is 63.3 Å². The number of ether oxygens (including phenoxy) is 2. The van der Waals surface area contributed by atoms with Gasteiger partial charge in [-0.2, -0.15) is 0 Å². The molecule has 302 valence electrons. The van der Waals surface area contributed by atoms with Crippen LogP contribution in [-0.4, -0.2) is 92.1 Å². The third kappa shape index (κ3) is 12.0. The van der Waals surface area contributed by atoms with Crippen molar-refractivity contribution in [2.75, 3.05) is 46.4 Å². The van der Waals surface area contributed by atoms with Crippen LogP contribution >= 0.6 is 0 Å². The molecular weight excluding hydrogens is 716 g/mol. The Hall–Kier alpha value is -5.47. The molecule has 0 fully saturated rings.